The molecule has 0 radical (unpaired) electrons. The monoisotopic (exact) mass is 311 g/mol. The maximum absolute atomic E-state index is 12.9. The first-order chi connectivity index (χ1) is 9.87. The first-order valence-corrected chi connectivity index (χ1v) is 8.41. The Balaban J connectivity index is 2.45. The van der Waals surface area contributed by atoms with Crippen LogP contribution in [0.15, 0.2) is 23.1 Å². The number of nitrogens with zero attached hydrogens (tertiary/aromatic N) is 1. The van der Waals surface area contributed by atoms with Gasteiger partial charge in [0, 0.05) is 19.3 Å². The largest absolute Gasteiger partial charge is 0.399 e. The predicted molar refractivity (Wildman–Crippen MR) is 81.2 cm³/mol. The van der Waals surface area contributed by atoms with Gasteiger partial charge in [-0.2, -0.15) is 4.31 Å². The summed E-state index contributed by atoms with van der Waals surface area (Å²) in [5, 5.41) is 2.54. The van der Waals surface area contributed by atoms with Crippen LogP contribution in [0.4, 0.5) is 5.69 Å². The molecule has 1 aromatic rings. The molecule has 0 saturated carbocycles. The van der Waals surface area contributed by atoms with Gasteiger partial charge in [-0.25, -0.2) is 8.42 Å². The number of rotatable bonds is 3. The lowest BCUT2D eigenvalue weighted by atomic mass is 10.0. The highest BCUT2D eigenvalue weighted by atomic mass is 32.2. The fourth-order valence-corrected chi connectivity index (χ4v) is 4.56. The number of benzene rings is 1. The molecule has 1 saturated heterocycles. The molecule has 1 heterocycles. The van der Waals surface area contributed by atoms with Gasteiger partial charge in [0.25, 0.3) is 0 Å². The van der Waals surface area contributed by atoms with E-state index < -0.39 is 16.1 Å². The maximum Gasteiger partial charge on any atom is 0.244 e. The lowest BCUT2D eigenvalue weighted by molar-refractivity contribution is -0.125. The van der Waals surface area contributed by atoms with Crippen molar-refractivity contribution in [3.05, 3.63) is 23.8 Å². The molecule has 1 unspecified atom stereocenters. The number of anilines is 1. The normalized spacial score (nSPS) is 20.2. The number of nitrogen functional groups attached to an aromatic ring is 1. The van der Waals surface area contributed by atoms with Gasteiger partial charge in [0.05, 0.1) is 4.90 Å². The van der Waals surface area contributed by atoms with Crippen LogP contribution < -0.4 is 11.1 Å². The number of carbonyl (C=O) groups excluding carboxylic acids is 1. The van der Waals surface area contributed by atoms with E-state index in [9.17, 15) is 13.2 Å². The molecule has 21 heavy (non-hydrogen) atoms. The molecule has 116 valence electrons. The maximum atomic E-state index is 12.9. The van der Waals surface area contributed by atoms with Gasteiger partial charge >= 0.3 is 0 Å². The Morgan fingerprint density at radius 1 is 1.38 bits per heavy atom. The van der Waals surface area contributed by atoms with Gasteiger partial charge in [-0.05, 0) is 37.5 Å². The van der Waals surface area contributed by atoms with Crippen molar-refractivity contribution in [2.45, 2.75) is 37.1 Å². The summed E-state index contributed by atoms with van der Waals surface area (Å²) in [6.45, 7) is 2.08. The van der Waals surface area contributed by atoms with Gasteiger partial charge in [0.1, 0.15) is 6.04 Å². The predicted octanol–water partition coefficient (Wildman–Crippen LogP) is 0.866. The SMILES string of the molecule is CNC(=O)C1CCCCN1S(=O)(=O)c1cc(N)ccc1C. The summed E-state index contributed by atoms with van der Waals surface area (Å²) >= 11 is 0. The van der Waals surface area contributed by atoms with Crippen LogP contribution >= 0.6 is 0 Å². The second kappa shape index (κ2) is 6.03. The van der Waals surface area contributed by atoms with E-state index in [-0.39, 0.29) is 10.8 Å². The number of aryl methyl sites for hydroxylation is 1. The molecular formula is C14H21N3O3S. The van der Waals surface area contributed by atoms with E-state index in [0.717, 1.165) is 12.8 Å². The molecule has 1 amide bonds. The van der Waals surface area contributed by atoms with Crippen molar-refractivity contribution in [3.8, 4) is 0 Å². The Kier molecular flexibility index (Phi) is 4.53. The molecule has 0 aromatic heterocycles. The molecule has 7 heteroatoms. The second-order valence-electron chi connectivity index (χ2n) is 5.27. The lowest BCUT2D eigenvalue weighted by Gasteiger charge is -2.33. The Morgan fingerprint density at radius 3 is 2.76 bits per heavy atom. The van der Waals surface area contributed by atoms with E-state index in [1.165, 1.54) is 17.4 Å². The molecule has 0 bridgehead atoms. The van der Waals surface area contributed by atoms with Crippen molar-refractivity contribution in [1.82, 2.24) is 9.62 Å². The van der Waals surface area contributed by atoms with E-state index in [4.69, 9.17) is 5.73 Å². The van der Waals surface area contributed by atoms with Gasteiger partial charge in [0.15, 0.2) is 0 Å². The summed E-state index contributed by atoms with van der Waals surface area (Å²) in [5.41, 5.74) is 6.74. The zero-order valence-corrected chi connectivity index (χ0v) is 13.1. The fourth-order valence-electron chi connectivity index (χ4n) is 2.64. The van der Waals surface area contributed by atoms with Crippen molar-refractivity contribution < 1.29 is 13.2 Å². The van der Waals surface area contributed by atoms with Crippen LogP contribution in [0.1, 0.15) is 24.8 Å². The quantitative estimate of drug-likeness (QED) is 0.810. The third kappa shape index (κ3) is 3.03. The van der Waals surface area contributed by atoms with E-state index in [1.807, 2.05) is 0 Å². The summed E-state index contributed by atoms with van der Waals surface area (Å²) in [6, 6.07) is 4.16. The van der Waals surface area contributed by atoms with Crippen molar-refractivity contribution in [1.29, 1.82) is 0 Å². The average Bonchev–Trinajstić information content (AvgIpc) is 2.48. The van der Waals surface area contributed by atoms with Crippen molar-refractivity contribution in [3.63, 3.8) is 0 Å². The van der Waals surface area contributed by atoms with Crippen molar-refractivity contribution in [2.24, 2.45) is 0 Å². The van der Waals surface area contributed by atoms with Crippen LogP contribution in [-0.2, 0) is 14.8 Å². The van der Waals surface area contributed by atoms with E-state index in [1.54, 1.807) is 19.1 Å². The molecule has 1 aliphatic rings. The number of hydrogen-bond acceptors (Lipinski definition) is 4. The van der Waals surface area contributed by atoms with Crippen LogP contribution in [0.3, 0.4) is 0 Å². The number of hydrogen-bond donors (Lipinski definition) is 2. The highest BCUT2D eigenvalue weighted by Gasteiger charge is 2.37. The molecular weight excluding hydrogens is 290 g/mol. The Hall–Kier alpha value is -1.60. The highest BCUT2D eigenvalue weighted by Crippen LogP contribution is 2.28. The number of sulfonamides is 1. The van der Waals surface area contributed by atoms with Crippen molar-refractivity contribution in [2.75, 3.05) is 19.3 Å². The van der Waals surface area contributed by atoms with Gasteiger partial charge < -0.3 is 11.1 Å². The van der Waals surface area contributed by atoms with E-state index in [2.05, 4.69) is 5.32 Å². The summed E-state index contributed by atoms with van der Waals surface area (Å²) in [4.78, 5) is 12.1. The van der Waals surface area contributed by atoms with E-state index >= 15 is 0 Å². The Bertz CT molecular complexity index is 643. The third-order valence-electron chi connectivity index (χ3n) is 3.80. The fraction of sp³-hybridized carbons (Fsp3) is 0.500. The van der Waals surface area contributed by atoms with Gasteiger partial charge in [-0.1, -0.05) is 12.5 Å². The van der Waals surface area contributed by atoms with Gasteiger partial charge in [-0.15, -0.1) is 0 Å². The third-order valence-corrected chi connectivity index (χ3v) is 5.85. The molecule has 1 fully saturated rings. The molecule has 0 aliphatic carbocycles. The minimum absolute atomic E-state index is 0.179. The number of amides is 1. The molecule has 2 rings (SSSR count). The summed E-state index contributed by atoms with van der Waals surface area (Å²) in [6.07, 6.45) is 2.15. The lowest BCUT2D eigenvalue weighted by Crippen LogP contribution is -2.51. The number of carbonyl (C=O) groups is 1. The number of likely N-dealkylation sites (N-methyl/N-ethyl adjacent to an activating group) is 1. The van der Waals surface area contributed by atoms with Crippen molar-refractivity contribution >= 4 is 21.6 Å². The number of piperidine rings is 1. The zero-order chi connectivity index (χ0) is 15.6. The first kappa shape index (κ1) is 15.8. The zero-order valence-electron chi connectivity index (χ0n) is 12.3. The number of nitrogens with one attached hydrogen (secondary N) is 1. The van der Waals surface area contributed by atoms with Crippen LogP contribution in [-0.4, -0.2) is 38.3 Å². The first-order valence-electron chi connectivity index (χ1n) is 6.97. The van der Waals surface area contributed by atoms with Crippen LogP contribution in [0.25, 0.3) is 0 Å². The minimum atomic E-state index is -3.73. The standard InChI is InChI=1S/C14H21N3O3S/c1-10-6-7-11(15)9-13(10)21(19,20)17-8-4-3-5-12(17)14(18)16-2/h6-7,9,12H,3-5,8,15H2,1-2H3,(H,16,18). The average molecular weight is 311 g/mol. The van der Waals surface area contributed by atoms with E-state index in [0.29, 0.717) is 24.2 Å². The second-order valence-corrected chi connectivity index (χ2v) is 7.13. The molecule has 6 nitrogen and oxygen atoms in total. The molecule has 1 aromatic carbocycles. The van der Waals surface area contributed by atoms with Gasteiger partial charge in [-0.3, -0.25) is 4.79 Å². The van der Waals surface area contributed by atoms with Crippen LogP contribution in [0.2, 0.25) is 0 Å². The summed E-state index contributed by atoms with van der Waals surface area (Å²) in [5.74, 6) is -0.264. The molecule has 3 N–H and O–H groups in total. The molecule has 1 atom stereocenters. The Labute approximate surface area is 125 Å². The molecule has 1 aliphatic heterocycles. The summed E-state index contributed by atoms with van der Waals surface area (Å²) in [7, 11) is -2.21. The smallest absolute Gasteiger partial charge is 0.244 e. The summed E-state index contributed by atoms with van der Waals surface area (Å²) < 4.78 is 27.1. The van der Waals surface area contributed by atoms with Crippen LogP contribution in [0.5, 0.6) is 0 Å². The minimum Gasteiger partial charge on any atom is -0.399 e. The Morgan fingerprint density at radius 2 is 2.10 bits per heavy atom. The van der Waals surface area contributed by atoms with Gasteiger partial charge in [0.2, 0.25) is 15.9 Å². The molecule has 0 spiro atoms. The number of nitrogens with two attached hydrogens (primary N) is 1. The highest BCUT2D eigenvalue weighted by molar-refractivity contribution is 7.89. The topological polar surface area (TPSA) is 92.5 Å². The van der Waals surface area contributed by atoms with Crippen LogP contribution in [0, 0.1) is 6.92 Å².